The molecule has 2 aromatic rings. The van der Waals surface area contributed by atoms with Crippen molar-refractivity contribution in [1.82, 2.24) is 20.4 Å². The van der Waals surface area contributed by atoms with E-state index in [0.29, 0.717) is 19.4 Å². The second-order valence-electron chi connectivity index (χ2n) is 5.84. The third-order valence-electron chi connectivity index (χ3n) is 3.99. The summed E-state index contributed by atoms with van der Waals surface area (Å²) in [6.07, 6.45) is 0.976. The van der Waals surface area contributed by atoms with Crippen LogP contribution in [0.15, 0.2) is 30.3 Å². The van der Waals surface area contributed by atoms with Crippen molar-refractivity contribution in [3.05, 3.63) is 47.3 Å². The van der Waals surface area contributed by atoms with Gasteiger partial charge in [0.1, 0.15) is 6.04 Å². The van der Waals surface area contributed by atoms with Gasteiger partial charge in [0.15, 0.2) is 0 Å². The zero-order valence-electron chi connectivity index (χ0n) is 13.3. The molecule has 6 nitrogen and oxygen atoms in total. The van der Waals surface area contributed by atoms with Crippen LogP contribution in [0.1, 0.15) is 29.8 Å². The molecule has 1 atom stereocenters. The molecule has 1 aliphatic heterocycles. The minimum atomic E-state index is -0.414. The summed E-state index contributed by atoms with van der Waals surface area (Å²) in [5.74, 6) is -0.202. The van der Waals surface area contributed by atoms with Gasteiger partial charge in [-0.1, -0.05) is 18.2 Å². The van der Waals surface area contributed by atoms with Crippen LogP contribution in [0.5, 0.6) is 0 Å². The van der Waals surface area contributed by atoms with Crippen molar-refractivity contribution >= 4 is 11.8 Å². The lowest BCUT2D eigenvalue weighted by molar-refractivity contribution is -0.125. The molecule has 2 N–H and O–H groups in total. The van der Waals surface area contributed by atoms with Gasteiger partial charge >= 0.3 is 0 Å². The van der Waals surface area contributed by atoms with E-state index < -0.39 is 6.04 Å². The number of hydrogen-bond donors (Lipinski definition) is 2. The van der Waals surface area contributed by atoms with Crippen LogP contribution in [0, 0.1) is 13.8 Å². The highest BCUT2D eigenvalue weighted by Gasteiger charge is 2.26. The Morgan fingerprint density at radius 2 is 2.17 bits per heavy atom. The Bertz CT molecular complexity index is 751. The highest BCUT2D eigenvalue weighted by atomic mass is 16.2. The van der Waals surface area contributed by atoms with Gasteiger partial charge in [-0.15, -0.1) is 0 Å². The lowest BCUT2D eigenvalue weighted by Gasteiger charge is -2.14. The Hall–Kier alpha value is -2.63. The van der Waals surface area contributed by atoms with E-state index >= 15 is 0 Å². The van der Waals surface area contributed by atoms with E-state index in [1.54, 1.807) is 0 Å². The molecular formula is C17H20N4O2. The smallest absolute Gasteiger partial charge is 0.242 e. The predicted octanol–water partition coefficient (Wildman–Crippen LogP) is 1.38. The number of carbonyl (C=O) groups excluding carboxylic acids is 2. The van der Waals surface area contributed by atoms with Gasteiger partial charge in [0.05, 0.1) is 11.4 Å². The average Bonchev–Trinajstić information content (AvgIpc) is 3.10. The number of amides is 2. The van der Waals surface area contributed by atoms with Gasteiger partial charge in [-0.05, 0) is 38.0 Å². The normalized spacial score (nSPS) is 17.1. The number of hydrogen-bond acceptors (Lipinski definition) is 3. The number of benzene rings is 1. The molecule has 1 fully saturated rings. The number of nitrogens with one attached hydrogen (secondary N) is 2. The molecule has 1 saturated heterocycles. The van der Waals surface area contributed by atoms with Gasteiger partial charge in [-0.3, -0.25) is 9.59 Å². The third kappa shape index (κ3) is 3.26. The largest absolute Gasteiger partial charge is 0.350 e. The van der Waals surface area contributed by atoms with E-state index in [9.17, 15) is 9.59 Å². The minimum Gasteiger partial charge on any atom is -0.350 e. The van der Waals surface area contributed by atoms with Crippen molar-refractivity contribution in [2.45, 2.75) is 39.3 Å². The van der Waals surface area contributed by atoms with Gasteiger partial charge in [-0.25, -0.2) is 4.68 Å². The van der Waals surface area contributed by atoms with Crippen LogP contribution in [0.25, 0.3) is 5.69 Å². The molecular weight excluding hydrogens is 292 g/mol. The van der Waals surface area contributed by atoms with Crippen molar-refractivity contribution in [3.8, 4) is 5.69 Å². The van der Waals surface area contributed by atoms with Gasteiger partial charge in [-0.2, -0.15) is 5.10 Å². The minimum absolute atomic E-state index is 0.0619. The van der Waals surface area contributed by atoms with E-state index in [4.69, 9.17) is 0 Å². The Labute approximate surface area is 134 Å². The van der Waals surface area contributed by atoms with Gasteiger partial charge in [0.25, 0.3) is 0 Å². The van der Waals surface area contributed by atoms with Crippen molar-refractivity contribution in [3.63, 3.8) is 0 Å². The van der Waals surface area contributed by atoms with Crippen LogP contribution >= 0.6 is 0 Å². The summed E-state index contributed by atoms with van der Waals surface area (Å²) in [5.41, 5.74) is 3.93. The monoisotopic (exact) mass is 312 g/mol. The molecule has 23 heavy (non-hydrogen) atoms. The number of nitrogens with zero attached hydrogens (tertiary/aromatic N) is 2. The number of aryl methyl sites for hydroxylation is 2. The molecule has 0 bridgehead atoms. The van der Waals surface area contributed by atoms with E-state index in [1.165, 1.54) is 0 Å². The lowest BCUT2D eigenvalue weighted by Crippen LogP contribution is -2.41. The molecule has 2 amide bonds. The Kier molecular flexibility index (Phi) is 4.14. The SMILES string of the molecule is Cc1cc(C)n(-c2ccccc2CNC(=O)[C@H]2CCC(=O)N2)n1. The van der Waals surface area contributed by atoms with Gasteiger partial charge in [0.2, 0.25) is 11.8 Å². The Morgan fingerprint density at radius 1 is 1.39 bits per heavy atom. The fourth-order valence-electron chi connectivity index (χ4n) is 2.86. The lowest BCUT2D eigenvalue weighted by atomic mass is 10.1. The van der Waals surface area contributed by atoms with Crippen LogP contribution in [0.3, 0.4) is 0 Å². The zero-order valence-corrected chi connectivity index (χ0v) is 13.3. The number of carbonyl (C=O) groups is 2. The highest BCUT2D eigenvalue weighted by molar-refractivity contribution is 5.90. The van der Waals surface area contributed by atoms with Crippen LogP contribution in [-0.2, 0) is 16.1 Å². The van der Waals surface area contributed by atoms with Gasteiger partial charge < -0.3 is 10.6 Å². The molecule has 0 saturated carbocycles. The summed E-state index contributed by atoms with van der Waals surface area (Å²) in [6.45, 7) is 4.36. The summed E-state index contributed by atoms with van der Waals surface area (Å²) in [7, 11) is 0. The fourth-order valence-corrected chi connectivity index (χ4v) is 2.86. The Balaban J connectivity index is 1.75. The molecule has 2 heterocycles. The summed E-state index contributed by atoms with van der Waals surface area (Å²) in [6, 6.07) is 9.45. The summed E-state index contributed by atoms with van der Waals surface area (Å²) >= 11 is 0. The maximum atomic E-state index is 12.1. The molecule has 1 aliphatic rings. The first kappa shape index (κ1) is 15.3. The second kappa shape index (κ2) is 6.24. The first-order valence-corrected chi connectivity index (χ1v) is 7.73. The molecule has 1 aromatic carbocycles. The first-order valence-electron chi connectivity index (χ1n) is 7.73. The van der Waals surface area contributed by atoms with E-state index in [2.05, 4.69) is 15.7 Å². The molecule has 120 valence electrons. The maximum absolute atomic E-state index is 12.1. The molecule has 3 rings (SSSR count). The molecule has 0 radical (unpaired) electrons. The predicted molar refractivity (Wildman–Crippen MR) is 86.0 cm³/mol. The molecule has 6 heteroatoms. The van der Waals surface area contributed by atoms with Crippen LogP contribution in [0.2, 0.25) is 0 Å². The van der Waals surface area contributed by atoms with Crippen LogP contribution in [-0.4, -0.2) is 27.6 Å². The fraction of sp³-hybridized carbons (Fsp3) is 0.353. The van der Waals surface area contributed by atoms with E-state index in [1.807, 2.05) is 48.9 Å². The topological polar surface area (TPSA) is 76.0 Å². The average molecular weight is 312 g/mol. The van der Waals surface area contributed by atoms with Crippen molar-refractivity contribution < 1.29 is 9.59 Å². The van der Waals surface area contributed by atoms with Gasteiger partial charge in [0, 0.05) is 18.7 Å². The molecule has 0 aliphatic carbocycles. The zero-order chi connectivity index (χ0) is 16.4. The Morgan fingerprint density at radius 3 is 2.83 bits per heavy atom. The standard InChI is InChI=1S/C17H20N4O2/c1-11-9-12(2)21(20-11)15-6-4-3-5-13(15)10-18-17(23)14-7-8-16(22)19-14/h3-6,9,14H,7-8,10H2,1-2H3,(H,18,23)(H,19,22)/t14-/m1/s1. The van der Waals surface area contributed by atoms with Crippen LogP contribution < -0.4 is 10.6 Å². The van der Waals surface area contributed by atoms with Crippen LogP contribution in [0.4, 0.5) is 0 Å². The second-order valence-corrected chi connectivity index (χ2v) is 5.84. The van der Waals surface area contributed by atoms with Crippen molar-refractivity contribution in [2.24, 2.45) is 0 Å². The van der Waals surface area contributed by atoms with E-state index in [0.717, 1.165) is 22.6 Å². The number of aromatic nitrogens is 2. The summed E-state index contributed by atoms with van der Waals surface area (Å²) in [4.78, 5) is 23.3. The number of para-hydroxylation sites is 1. The highest BCUT2D eigenvalue weighted by Crippen LogP contribution is 2.17. The summed E-state index contributed by atoms with van der Waals surface area (Å²) in [5, 5.41) is 10.1. The van der Waals surface area contributed by atoms with Crippen molar-refractivity contribution in [1.29, 1.82) is 0 Å². The van der Waals surface area contributed by atoms with Crippen molar-refractivity contribution in [2.75, 3.05) is 0 Å². The first-order chi connectivity index (χ1) is 11.0. The molecule has 0 spiro atoms. The maximum Gasteiger partial charge on any atom is 0.242 e. The summed E-state index contributed by atoms with van der Waals surface area (Å²) < 4.78 is 1.88. The third-order valence-corrected chi connectivity index (χ3v) is 3.99. The number of rotatable bonds is 4. The van der Waals surface area contributed by atoms with E-state index in [-0.39, 0.29) is 11.8 Å². The quantitative estimate of drug-likeness (QED) is 0.895. The molecule has 0 unspecified atom stereocenters. The molecule has 1 aromatic heterocycles.